The van der Waals surface area contributed by atoms with Gasteiger partial charge in [0, 0.05) is 23.8 Å². The van der Waals surface area contributed by atoms with Crippen molar-refractivity contribution in [3.8, 4) is 5.75 Å². The second-order valence-electron chi connectivity index (χ2n) is 7.25. The molecule has 0 saturated carbocycles. The summed E-state index contributed by atoms with van der Waals surface area (Å²) in [5.74, 6) is -0.362. The van der Waals surface area contributed by atoms with Crippen molar-refractivity contribution in [2.24, 2.45) is 5.92 Å². The van der Waals surface area contributed by atoms with Crippen molar-refractivity contribution < 1.29 is 17.9 Å². The molecule has 1 N–H and O–H groups in total. The Morgan fingerprint density at radius 1 is 1.21 bits per heavy atom. The minimum Gasteiger partial charge on any atom is -0.495 e. The van der Waals surface area contributed by atoms with E-state index in [4.69, 9.17) is 16.3 Å². The second kappa shape index (κ2) is 8.73. The van der Waals surface area contributed by atoms with E-state index < -0.39 is 15.9 Å². The lowest BCUT2D eigenvalue weighted by Gasteiger charge is -2.31. The maximum absolute atomic E-state index is 13.2. The Bertz CT molecular complexity index is 1000. The SMILES string of the molecule is COc1ccc(Cl)cc1S(=O)(=O)N1CCC[C@@H](C(=O)Nc2c(C)cccc2C)C1. The van der Waals surface area contributed by atoms with E-state index in [1.165, 1.54) is 23.5 Å². The molecular weight excluding hydrogens is 412 g/mol. The van der Waals surface area contributed by atoms with Crippen LogP contribution < -0.4 is 10.1 Å². The number of benzene rings is 2. The van der Waals surface area contributed by atoms with Crippen LogP contribution in [0.3, 0.4) is 0 Å². The van der Waals surface area contributed by atoms with Crippen LogP contribution in [0, 0.1) is 19.8 Å². The molecule has 1 fully saturated rings. The molecule has 0 bridgehead atoms. The summed E-state index contributed by atoms with van der Waals surface area (Å²) in [7, 11) is -2.42. The van der Waals surface area contributed by atoms with Crippen LogP contribution in [0.25, 0.3) is 0 Å². The molecule has 0 spiro atoms. The van der Waals surface area contributed by atoms with E-state index in [0.29, 0.717) is 24.4 Å². The van der Waals surface area contributed by atoms with Gasteiger partial charge in [0.05, 0.1) is 13.0 Å². The molecule has 1 heterocycles. The molecule has 29 heavy (non-hydrogen) atoms. The molecule has 0 aliphatic carbocycles. The van der Waals surface area contributed by atoms with Gasteiger partial charge in [0.15, 0.2) is 0 Å². The highest BCUT2D eigenvalue weighted by atomic mass is 35.5. The van der Waals surface area contributed by atoms with Crippen LogP contribution in [0.5, 0.6) is 5.75 Å². The summed E-state index contributed by atoms with van der Waals surface area (Å²) in [5, 5.41) is 3.30. The molecule has 8 heteroatoms. The smallest absolute Gasteiger partial charge is 0.246 e. The number of nitrogens with one attached hydrogen (secondary N) is 1. The van der Waals surface area contributed by atoms with Crippen LogP contribution in [-0.2, 0) is 14.8 Å². The standard InChI is InChI=1S/C21H25ClN2O4S/c1-14-6-4-7-15(2)20(14)23-21(25)16-8-5-11-24(13-16)29(26,27)19-12-17(22)9-10-18(19)28-3/h4,6-7,9-10,12,16H,5,8,11,13H2,1-3H3,(H,23,25)/t16-/m1/s1. The lowest BCUT2D eigenvalue weighted by Crippen LogP contribution is -2.43. The number of methoxy groups -OCH3 is 1. The van der Waals surface area contributed by atoms with E-state index in [2.05, 4.69) is 5.32 Å². The van der Waals surface area contributed by atoms with Crippen molar-refractivity contribution in [2.75, 3.05) is 25.5 Å². The predicted octanol–water partition coefficient (Wildman–Crippen LogP) is 4.00. The molecule has 2 aromatic rings. The van der Waals surface area contributed by atoms with Gasteiger partial charge in [-0.15, -0.1) is 0 Å². The largest absolute Gasteiger partial charge is 0.495 e. The fourth-order valence-electron chi connectivity index (χ4n) is 3.60. The molecule has 0 aromatic heterocycles. The molecule has 0 radical (unpaired) electrons. The molecule has 0 unspecified atom stereocenters. The van der Waals surface area contributed by atoms with Crippen molar-refractivity contribution >= 4 is 33.2 Å². The summed E-state index contributed by atoms with van der Waals surface area (Å²) in [6, 6.07) is 10.3. The number of anilines is 1. The predicted molar refractivity (Wildman–Crippen MR) is 114 cm³/mol. The van der Waals surface area contributed by atoms with Crippen molar-refractivity contribution in [1.29, 1.82) is 0 Å². The topological polar surface area (TPSA) is 75.7 Å². The minimum atomic E-state index is -3.84. The Labute approximate surface area is 176 Å². The number of amides is 1. The zero-order valence-electron chi connectivity index (χ0n) is 16.7. The van der Waals surface area contributed by atoms with E-state index in [1.54, 1.807) is 6.07 Å². The lowest BCUT2D eigenvalue weighted by molar-refractivity contribution is -0.120. The second-order valence-corrected chi connectivity index (χ2v) is 9.60. The van der Waals surface area contributed by atoms with Gasteiger partial charge in [0.1, 0.15) is 10.6 Å². The summed E-state index contributed by atoms with van der Waals surface area (Å²) >= 11 is 6.02. The van der Waals surface area contributed by atoms with Gasteiger partial charge in [-0.2, -0.15) is 4.31 Å². The average Bonchev–Trinajstić information content (AvgIpc) is 2.70. The number of hydrogen-bond donors (Lipinski definition) is 1. The van der Waals surface area contributed by atoms with Gasteiger partial charge in [-0.1, -0.05) is 29.8 Å². The first-order valence-corrected chi connectivity index (χ1v) is 11.3. The van der Waals surface area contributed by atoms with Crippen LogP contribution in [0.2, 0.25) is 5.02 Å². The zero-order valence-corrected chi connectivity index (χ0v) is 18.3. The maximum Gasteiger partial charge on any atom is 0.246 e. The first-order chi connectivity index (χ1) is 13.7. The molecule has 1 atom stereocenters. The number of piperidine rings is 1. The molecule has 3 rings (SSSR count). The van der Waals surface area contributed by atoms with Gasteiger partial charge in [-0.25, -0.2) is 8.42 Å². The van der Waals surface area contributed by atoms with Crippen LogP contribution in [0.15, 0.2) is 41.3 Å². The normalized spacial score (nSPS) is 17.7. The van der Waals surface area contributed by atoms with Crippen molar-refractivity contribution in [1.82, 2.24) is 4.31 Å². The number of carbonyl (C=O) groups is 1. The third-order valence-electron chi connectivity index (χ3n) is 5.23. The first kappa shape index (κ1) is 21.6. The zero-order chi connectivity index (χ0) is 21.2. The van der Waals surface area contributed by atoms with Gasteiger partial charge in [0.25, 0.3) is 0 Å². The fraction of sp³-hybridized carbons (Fsp3) is 0.381. The number of aryl methyl sites for hydroxylation is 2. The fourth-order valence-corrected chi connectivity index (χ4v) is 5.54. The summed E-state index contributed by atoms with van der Waals surface area (Å²) in [4.78, 5) is 12.9. The number of sulfonamides is 1. The van der Waals surface area contributed by atoms with Crippen molar-refractivity contribution in [3.63, 3.8) is 0 Å². The third kappa shape index (κ3) is 4.57. The Kier molecular flexibility index (Phi) is 6.51. The summed E-state index contributed by atoms with van der Waals surface area (Å²) in [6.07, 6.45) is 1.24. The lowest BCUT2D eigenvalue weighted by atomic mass is 9.98. The molecule has 1 aliphatic rings. The molecule has 1 amide bonds. The van der Waals surface area contributed by atoms with E-state index in [9.17, 15) is 13.2 Å². The van der Waals surface area contributed by atoms with Crippen LogP contribution >= 0.6 is 11.6 Å². The maximum atomic E-state index is 13.2. The van der Waals surface area contributed by atoms with Gasteiger partial charge in [0.2, 0.25) is 15.9 Å². The molecule has 1 saturated heterocycles. The quantitative estimate of drug-likeness (QED) is 0.768. The minimum absolute atomic E-state index is 0.0170. The van der Waals surface area contributed by atoms with Crippen LogP contribution in [0.1, 0.15) is 24.0 Å². The Morgan fingerprint density at radius 3 is 2.55 bits per heavy atom. The number of nitrogens with zero attached hydrogens (tertiary/aromatic N) is 1. The van der Waals surface area contributed by atoms with Gasteiger partial charge in [-0.3, -0.25) is 4.79 Å². The van der Waals surface area contributed by atoms with Gasteiger partial charge >= 0.3 is 0 Å². The summed E-state index contributed by atoms with van der Waals surface area (Å²) in [5.41, 5.74) is 2.73. The average molecular weight is 437 g/mol. The van der Waals surface area contributed by atoms with Gasteiger partial charge < -0.3 is 10.1 Å². The summed E-state index contributed by atoms with van der Waals surface area (Å²) in [6.45, 7) is 4.34. The van der Waals surface area contributed by atoms with Crippen molar-refractivity contribution in [2.45, 2.75) is 31.6 Å². The Morgan fingerprint density at radius 2 is 1.90 bits per heavy atom. The highest BCUT2D eigenvalue weighted by molar-refractivity contribution is 7.89. The highest BCUT2D eigenvalue weighted by Crippen LogP contribution is 2.32. The molecule has 2 aromatic carbocycles. The van der Waals surface area contributed by atoms with Gasteiger partial charge in [-0.05, 0) is 56.0 Å². The number of rotatable bonds is 5. The monoisotopic (exact) mass is 436 g/mol. The summed E-state index contributed by atoms with van der Waals surface area (Å²) < 4.78 is 33.0. The molecular formula is C21H25ClN2O4S. The number of ether oxygens (including phenoxy) is 1. The highest BCUT2D eigenvalue weighted by Gasteiger charge is 2.35. The molecule has 156 valence electrons. The van der Waals surface area contributed by atoms with Crippen LogP contribution in [-0.4, -0.2) is 38.8 Å². The number of carbonyl (C=O) groups excluding carboxylic acids is 1. The number of hydrogen-bond acceptors (Lipinski definition) is 4. The first-order valence-electron chi connectivity index (χ1n) is 9.45. The number of para-hydroxylation sites is 1. The molecule has 1 aliphatic heterocycles. The van der Waals surface area contributed by atoms with Crippen LogP contribution in [0.4, 0.5) is 5.69 Å². The van der Waals surface area contributed by atoms with E-state index >= 15 is 0 Å². The molecule has 6 nitrogen and oxygen atoms in total. The Balaban J connectivity index is 1.82. The van der Waals surface area contributed by atoms with E-state index in [-0.39, 0.29) is 23.1 Å². The third-order valence-corrected chi connectivity index (χ3v) is 7.35. The van der Waals surface area contributed by atoms with E-state index in [1.807, 2.05) is 32.0 Å². The Hall–Kier alpha value is -2.09. The number of halogens is 1. The van der Waals surface area contributed by atoms with E-state index in [0.717, 1.165) is 16.8 Å². The van der Waals surface area contributed by atoms with Crippen molar-refractivity contribution in [3.05, 3.63) is 52.5 Å².